The van der Waals surface area contributed by atoms with Gasteiger partial charge in [-0.05, 0) is 96.9 Å². The maximum atomic E-state index is 12.4. The number of rotatable bonds is 6. The quantitative estimate of drug-likeness (QED) is 0.301. The molecule has 6 nitrogen and oxygen atoms in total. The van der Waals surface area contributed by atoms with Crippen LogP contribution in [0.3, 0.4) is 0 Å². The number of carbonyl (C=O) groups excluding carboxylic acids is 2. The fourth-order valence-electron chi connectivity index (χ4n) is 4.11. The van der Waals surface area contributed by atoms with E-state index in [1.807, 2.05) is 24.3 Å². The lowest BCUT2D eigenvalue weighted by Crippen LogP contribution is -2.37. The van der Waals surface area contributed by atoms with Gasteiger partial charge in [0.2, 0.25) is 0 Å². The molecule has 2 amide bonds. The van der Waals surface area contributed by atoms with Gasteiger partial charge in [-0.1, -0.05) is 6.92 Å². The van der Waals surface area contributed by atoms with E-state index in [1.165, 1.54) is 18.5 Å². The Balaban J connectivity index is 1.43. The van der Waals surface area contributed by atoms with Crippen LogP contribution >= 0.6 is 22.6 Å². The molecule has 0 radical (unpaired) electrons. The molecule has 0 aromatic heterocycles. The fraction of sp³-hybridized carbons (Fsp3) is 0.333. The van der Waals surface area contributed by atoms with Crippen molar-refractivity contribution < 1.29 is 9.59 Å². The molecule has 2 aliphatic rings. The highest BCUT2D eigenvalue weighted by Gasteiger charge is 2.27. The zero-order chi connectivity index (χ0) is 21.8. The third kappa shape index (κ3) is 5.10. The Bertz CT molecular complexity index is 995. The maximum absolute atomic E-state index is 12.4. The lowest BCUT2D eigenvalue weighted by atomic mass is 9.95. The number of hydrogen-bond donors (Lipinski definition) is 3. The molecule has 7 heteroatoms. The largest absolute Gasteiger partial charge is 0.372 e. The standard InChI is InChI=1S/C24H27IN4O2/c1-2-26-14-16-9-11-29(12-10-16)19-6-4-18(5-7-19)27-15-22-21-13-17(25)3-8-20(21)23(30)28-24(22)31/h3-8,13,15-16,26-27H,2,9-12,14H2,1H3,(H,28,30,31)/b22-15-. The summed E-state index contributed by atoms with van der Waals surface area (Å²) in [5.41, 5.74) is 3.75. The van der Waals surface area contributed by atoms with Crippen LogP contribution in [-0.2, 0) is 4.79 Å². The first-order chi connectivity index (χ1) is 15.0. The summed E-state index contributed by atoms with van der Waals surface area (Å²) < 4.78 is 0.975. The van der Waals surface area contributed by atoms with Crippen LogP contribution in [0.25, 0.3) is 5.57 Å². The summed E-state index contributed by atoms with van der Waals surface area (Å²) in [7, 11) is 0. The molecule has 162 valence electrons. The molecule has 0 unspecified atom stereocenters. The average molecular weight is 530 g/mol. The van der Waals surface area contributed by atoms with Gasteiger partial charge in [-0.25, -0.2) is 0 Å². The number of fused-ring (bicyclic) bond motifs is 1. The first-order valence-electron chi connectivity index (χ1n) is 10.7. The van der Waals surface area contributed by atoms with Crippen molar-refractivity contribution >= 4 is 51.4 Å². The number of nitrogens with zero attached hydrogens (tertiary/aromatic N) is 1. The van der Waals surface area contributed by atoms with E-state index >= 15 is 0 Å². The zero-order valence-corrected chi connectivity index (χ0v) is 19.7. The van der Waals surface area contributed by atoms with Crippen LogP contribution in [0.4, 0.5) is 11.4 Å². The third-order valence-electron chi connectivity index (χ3n) is 5.90. The van der Waals surface area contributed by atoms with Crippen LogP contribution in [-0.4, -0.2) is 38.0 Å². The van der Waals surface area contributed by atoms with Crippen LogP contribution in [0.1, 0.15) is 35.7 Å². The Morgan fingerprint density at radius 1 is 1.06 bits per heavy atom. The Morgan fingerprint density at radius 2 is 1.81 bits per heavy atom. The highest BCUT2D eigenvalue weighted by Crippen LogP contribution is 2.27. The number of anilines is 2. The molecule has 31 heavy (non-hydrogen) atoms. The van der Waals surface area contributed by atoms with E-state index in [1.54, 1.807) is 12.3 Å². The summed E-state index contributed by atoms with van der Waals surface area (Å²) >= 11 is 2.18. The monoisotopic (exact) mass is 530 g/mol. The number of benzene rings is 2. The second-order valence-electron chi connectivity index (χ2n) is 7.96. The van der Waals surface area contributed by atoms with Crippen molar-refractivity contribution in [1.82, 2.24) is 10.6 Å². The fourth-order valence-corrected chi connectivity index (χ4v) is 4.60. The molecule has 0 atom stereocenters. The van der Waals surface area contributed by atoms with Gasteiger partial charge in [-0.3, -0.25) is 14.9 Å². The minimum Gasteiger partial charge on any atom is -0.372 e. The second-order valence-corrected chi connectivity index (χ2v) is 9.21. The van der Waals surface area contributed by atoms with Gasteiger partial charge in [0.05, 0.1) is 5.57 Å². The van der Waals surface area contributed by atoms with Crippen molar-refractivity contribution in [2.75, 3.05) is 36.4 Å². The Kier molecular flexibility index (Phi) is 6.92. The normalized spacial score (nSPS) is 18.1. The average Bonchev–Trinajstić information content (AvgIpc) is 2.78. The van der Waals surface area contributed by atoms with Gasteiger partial charge in [0.15, 0.2) is 0 Å². The zero-order valence-electron chi connectivity index (χ0n) is 17.6. The number of halogens is 1. The van der Waals surface area contributed by atoms with E-state index in [-0.39, 0.29) is 11.8 Å². The smallest absolute Gasteiger partial charge is 0.260 e. The minimum absolute atomic E-state index is 0.354. The van der Waals surface area contributed by atoms with Crippen LogP contribution < -0.4 is 20.9 Å². The summed E-state index contributed by atoms with van der Waals surface area (Å²) in [6, 6.07) is 13.8. The molecular formula is C24H27IN4O2. The lowest BCUT2D eigenvalue weighted by Gasteiger charge is -2.33. The van der Waals surface area contributed by atoms with Crippen molar-refractivity contribution in [1.29, 1.82) is 0 Å². The van der Waals surface area contributed by atoms with Crippen molar-refractivity contribution in [3.8, 4) is 0 Å². The van der Waals surface area contributed by atoms with Gasteiger partial charge in [0.1, 0.15) is 0 Å². The predicted octanol–water partition coefficient (Wildman–Crippen LogP) is 3.84. The van der Waals surface area contributed by atoms with E-state index in [9.17, 15) is 9.59 Å². The SMILES string of the molecule is CCNCC1CCN(c2ccc(N/C=C3\C(=O)NC(=O)c4ccc(I)cc43)cc2)CC1. The molecule has 0 spiro atoms. The first kappa shape index (κ1) is 21.8. The van der Waals surface area contributed by atoms with Gasteiger partial charge < -0.3 is 15.5 Å². The van der Waals surface area contributed by atoms with Crippen molar-refractivity contribution in [2.24, 2.45) is 5.92 Å². The van der Waals surface area contributed by atoms with Gasteiger partial charge in [-0.2, -0.15) is 0 Å². The maximum Gasteiger partial charge on any atom is 0.260 e. The summed E-state index contributed by atoms with van der Waals surface area (Å²) in [4.78, 5) is 26.9. The summed E-state index contributed by atoms with van der Waals surface area (Å²) in [5.74, 6) is 0.0272. The second kappa shape index (κ2) is 9.82. The molecule has 4 rings (SSSR count). The molecule has 0 aliphatic carbocycles. The predicted molar refractivity (Wildman–Crippen MR) is 133 cm³/mol. The number of carbonyl (C=O) groups is 2. The van der Waals surface area contributed by atoms with Crippen LogP contribution in [0.15, 0.2) is 48.7 Å². The molecule has 3 N–H and O–H groups in total. The Morgan fingerprint density at radius 3 is 2.52 bits per heavy atom. The molecule has 2 heterocycles. The third-order valence-corrected chi connectivity index (χ3v) is 6.57. The molecular weight excluding hydrogens is 503 g/mol. The number of amides is 2. The van der Waals surface area contributed by atoms with Crippen LogP contribution in [0, 0.1) is 9.49 Å². The van der Waals surface area contributed by atoms with E-state index in [4.69, 9.17) is 0 Å². The minimum atomic E-state index is -0.385. The number of imide groups is 1. The van der Waals surface area contributed by atoms with Crippen molar-refractivity contribution in [3.05, 3.63) is 63.4 Å². The van der Waals surface area contributed by atoms with E-state index in [2.05, 4.69) is 62.5 Å². The van der Waals surface area contributed by atoms with Crippen molar-refractivity contribution in [2.45, 2.75) is 19.8 Å². The van der Waals surface area contributed by atoms with Gasteiger partial charge in [0.25, 0.3) is 11.8 Å². The summed E-state index contributed by atoms with van der Waals surface area (Å²) in [6.07, 6.45) is 4.11. The summed E-state index contributed by atoms with van der Waals surface area (Å²) in [5, 5.41) is 9.08. The molecule has 1 saturated heterocycles. The lowest BCUT2D eigenvalue weighted by molar-refractivity contribution is -0.114. The number of piperidine rings is 1. The molecule has 1 fully saturated rings. The van der Waals surface area contributed by atoms with E-state index in [0.717, 1.165) is 41.4 Å². The van der Waals surface area contributed by atoms with Gasteiger partial charge >= 0.3 is 0 Å². The van der Waals surface area contributed by atoms with Gasteiger partial charge in [-0.15, -0.1) is 0 Å². The topological polar surface area (TPSA) is 73.5 Å². The van der Waals surface area contributed by atoms with Gasteiger partial charge in [0, 0.05) is 45.4 Å². The van der Waals surface area contributed by atoms with E-state index in [0.29, 0.717) is 16.7 Å². The summed E-state index contributed by atoms with van der Waals surface area (Å²) in [6.45, 7) is 6.46. The van der Waals surface area contributed by atoms with Crippen LogP contribution in [0.5, 0.6) is 0 Å². The highest BCUT2D eigenvalue weighted by atomic mass is 127. The highest BCUT2D eigenvalue weighted by molar-refractivity contribution is 14.1. The number of nitrogens with one attached hydrogen (secondary N) is 3. The first-order valence-corrected chi connectivity index (χ1v) is 11.8. The molecule has 2 aromatic carbocycles. The molecule has 0 bridgehead atoms. The van der Waals surface area contributed by atoms with Crippen molar-refractivity contribution in [3.63, 3.8) is 0 Å². The number of hydrogen-bond acceptors (Lipinski definition) is 5. The molecule has 2 aromatic rings. The Labute approximate surface area is 196 Å². The van der Waals surface area contributed by atoms with E-state index < -0.39 is 0 Å². The molecule has 0 saturated carbocycles. The Hall–Kier alpha value is -2.39. The van der Waals surface area contributed by atoms with Crippen LogP contribution in [0.2, 0.25) is 0 Å². The molecule has 2 aliphatic heterocycles.